The number of anilines is 1. The third-order valence-corrected chi connectivity index (χ3v) is 1.15. The Bertz CT molecular complexity index is 365. The summed E-state index contributed by atoms with van der Waals surface area (Å²) in [6.45, 7) is 0. The molecule has 5 heteroatoms. The molecule has 0 amide bonds. The van der Waals surface area contributed by atoms with Gasteiger partial charge in [0.05, 0.1) is 0 Å². The monoisotopic (exact) mass is 171 g/mol. The molecule has 5 nitrogen and oxygen atoms in total. The molecule has 0 atom stereocenters. The van der Waals surface area contributed by atoms with E-state index in [9.17, 15) is 0 Å². The molecule has 0 saturated heterocycles. The summed E-state index contributed by atoms with van der Waals surface area (Å²) in [6, 6.07) is 5.08. The third kappa shape index (κ3) is 2.60. The Morgan fingerprint density at radius 1 is 1.31 bits per heavy atom. The van der Waals surface area contributed by atoms with Crippen LogP contribution in [0, 0.1) is 22.7 Å². The van der Waals surface area contributed by atoms with Crippen molar-refractivity contribution in [2.24, 2.45) is 0 Å². The number of rotatable bonds is 2. The Morgan fingerprint density at radius 2 is 1.92 bits per heavy atom. The fourth-order valence-corrected chi connectivity index (χ4v) is 0.600. The smallest absolute Gasteiger partial charge is 0.226 e. The van der Waals surface area contributed by atoms with Crippen molar-refractivity contribution in [2.75, 3.05) is 5.32 Å². The lowest BCUT2D eigenvalue weighted by Gasteiger charge is -1.94. The van der Waals surface area contributed by atoms with Gasteiger partial charge < -0.3 is 5.32 Å². The molecule has 0 saturated carbocycles. The van der Waals surface area contributed by atoms with Gasteiger partial charge in [0.15, 0.2) is 0 Å². The molecule has 0 aliphatic carbocycles. The molecule has 0 bridgehead atoms. The molecule has 0 aliphatic rings. The summed E-state index contributed by atoms with van der Waals surface area (Å²) in [5, 5.41) is 19.4. The van der Waals surface area contributed by atoms with Crippen molar-refractivity contribution >= 4 is 5.95 Å². The van der Waals surface area contributed by atoms with Crippen LogP contribution in [-0.2, 0) is 0 Å². The first kappa shape index (κ1) is 8.69. The lowest BCUT2D eigenvalue weighted by molar-refractivity contribution is 1.16. The Hall–Kier alpha value is -2.40. The number of aromatic nitrogens is 2. The summed E-state index contributed by atoms with van der Waals surface area (Å²) < 4.78 is 0. The third-order valence-electron chi connectivity index (χ3n) is 1.15. The number of nitrogens with zero attached hydrogens (tertiary/aromatic N) is 4. The molecule has 1 rings (SSSR count). The van der Waals surface area contributed by atoms with Gasteiger partial charge in [0.25, 0.3) is 0 Å². The second-order valence-electron chi connectivity index (χ2n) is 2.00. The van der Waals surface area contributed by atoms with E-state index < -0.39 is 0 Å². The molecular formula is C8H5N5. The van der Waals surface area contributed by atoms with E-state index in [4.69, 9.17) is 10.5 Å². The highest BCUT2D eigenvalue weighted by Gasteiger charge is 1.92. The van der Waals surface area contributed by atoms with Crippen LogP contribution in [-0.4, -0.2) is 9.97 Å². The summed E-state index contributed by atoms with van der Waals surface area (Å²) in [7, 11) is 0. The minimum Gasteiger partial charge on any atom is -0.329 e. The van der Waals surface area contributed by atoms with Gasteiger partial charge in [-0.05, 0) is 6.07 Å². The van der Waals surface area contributed by atoms with Crippen molar-refractivity contribution < 1.29 is 0 Å². The van der Waals surface area contributed by atoms with Crippen molar-refractivity contribution in [1.82, 2.24) is 9.97 Å². The first-order chi connectivity index (χ1) is 6.36. The fourth-order valence-electron chi connectivity index (χ4n) is 0.600. The minimum atomic E-state index is -0.0209. The van der Waals surface area contributed by atoms with Gasteiger partial charge in [-0.1, -0.05) is 0 Å². The number of nitriles is 2. The van der Waals surface area contributed by atoms with E-state index in [1.165, 1.54) is 6.20 Å². The van der Waals surface area contributed by atoms with Crippen molar-refractivity contribution in [3.05, 3.63) is 30.2 Å². The number of allylic oxidation sites excluding steroid dienone is 1. The maximum atomic E-state index is 8.38. The zero-order chi connectivity index (χ0) is 9.52. The minimum absolute atomic E-state index is 0.0209. The molecule has 0 fully saturated rings. The Balaban J connectivity index is 2.69. The van der Waals surface area contributed by atoms with Gasteiger partial charge in [-0.15, -0.1) is 0 Å². The van der Waals surface area contributed by atoms with Gasteiger partial charge in [0.2, 0.25) is 5.95 Å². The summed E-state index contributed by atoms with van der Waals surface area (Å²) in [5.74, 6) is 0.352. The molecule has 1 heterocycles. The molecule has 0 unspecified atom stereocenters. The van der Waals surface area contributed by atoms with Crippen molar-refractivity contribution in [1.29, 1.82) is 10.5 Å². The molecule has 0 aliphatic heterocycles. The van der Waals surface area contributed by atoms with Crippen LogP contribution < -0.4 is 5.32 Å². The Kier molecular flexibility index (Phi) is 2.99. The predicted molar refractivity (Wildman–Crippen MR) is 45.0 cm³/mol. The zero-order valence-corrected chi connectivity index (χ0v) is 6.60. The van der Waals surface area contributed by atoms with Crippen LogP contribution in [0.2, 0.25) is 0 Å². The van der Waals surface area contributed by atoms with Crippen molar-refractivity contribution in [3.8, 4) is 12.1 Å². The second-order valence-corrected chi connectivity index (χ2v) is 2.00. The number of hydrogen-bond acceptors (Lipinski definition) is 5. The molecule has 0 radical (unpaired) electrons. The van der Waals surface area contributed by atoms with Gasteiger partial charge in [0.1, 0.15) is 17.7 Å². The van der Waals surface area contributed by atoms with Crippen LogP contribution in [0.4, 0.5) is 5.95 Å². The number of hydrogen-bond donors (Lipinski definition) is 1. The standard InChI is InChI=1S/C8H5N5/c9-4-7(5-10)6-13-8-11-2-1-3-12-8/h1-3,6H,(H,11,12,13). The van der Waals surface area contributed by atoms with Gasteiger partial charge in [-0.2, -0.15) is 10.5 Å². The number of nitrogens with one attached hydrogen (secondary N) is 1. The van der Waals surface area contributed by atoms with Crippen LogP contribution >= 0.6 is 0 Å². The fraction of sp³-hybridized carbons (Fsp3) is 0. The largest absolute Gasteiger partial charge is 0.329 e. The van der Waals surface area contributed by atoms with Crippen LogP contribution in [0.25, 0.3) is 0 Å². The Morgan fingerprint density at radius 3 is 2.46 bits per heavy atom. The molecule has 1 aromatic rings. The Labute approximate surface area is 75.0 Å². The maximum absolute atomic E-state index is 8.38. The lowest BCUT2D eigenvalue weighted by Crippen LogP contribution is -1.94. The molecule has 13 heavy (non-hydrogen) atoms. The quantitative estimate of drug-likeness (QED) is 0.665. The normalized spacial score (nSPS) is 7.85. The van der Waals surface area contributed by atoms with E-state index in [0.717, 1.165) is 0 Å². The van der Waals surface area contributed by atoms with E-state index in [-0.39, 0.29) is 5.57 Å². The molecule has 62 valence electrons. The van der Waals surface area contributed by atoms with E-state index in [1.807, 2.05) is 0 Å². The van der Waals surface area contributed by atoms with Gasteiger partial charge in [0, 0.05) is 18.6 Å². The average Bonchev–Trinajstić information content (AvgIpc) is 2.21. The van der Waals surface area contributed by atoms with Crippen LogP contribution in [0.3, 0.4) is 0 Å². The lowest BCUT2D eigenvalue weighted by atomic mass is 10.4. The van der Waals surface area contributed by atoms with E-state index in [0.29, 0.717) is 5.95 Å². The van der Waals surface area contributed by atoms with E-state index in [1.54, 1.807) is 30.6 Å². The van der Waals surface area contributed by atoms with Crippen LogP contribution in [0.15, 0.2) is 30.2 Å². The first-order valence-corrected chi connectivity index (χ1v) is 3.40. The molecular weight excluding hydrogens is 166 g/mol. The summed E-state index contributed by atoms with van der Waals surface area (Å²) in [5.41, 5.74) is -0.0209. The SMILES string of the molecule is N#CC(C#N)=CNc1ncccn1. The van der Waals surface area contributed by atoms with Crippen molar-refractivity contribution in [3.63, 3.8) is 0 Å². The highest BCUT2D eigenvalue weighted by Crippen LogP contribution is 1.95. The van der Waals surface area contributed by atoms with Gasteiger partial charge in [-0.3, -0.25) is 0 Å². The highest BCUT2D eigenvalue weighted by molar-refractivity contribution is 5.40. The maximum Gasteiger partial charge on any atom is 0.226 e. The summed E-state index contributed by atoms with van der Waals surface area (Å²) in [6.07, 6.45) is 4.37. The molecule has 1 N–H and O–H groups in total. The van der Waals surface area contributed by atoms with Crippen molar-refractivity contribution in [2.45, 2.75) is 0 Å². The summed E-state index contributed by atoms with van der Waals surface area (Å²) in [4.78, 5) is 7.67. The zero-order valence-electron chi connectivity index (χ0n) is 6.60. The summed E-state index contributed by atoms with van der Waals surface area (Å²) >= 11 is 0. The molecule has 1 aromatic heterocycles. The van der Waals surface area contributed by atoms with Gasteiger partial charge in [-0.25, -0.2) is 9.97 Å². The first-order valence-electron chi connectivity index (χ1n) is 3.40. The van der Waals surface area contributed by atoms with E-state index in [2.05, 4.69) is 15.3 Å². The van der Waals surface area contributed by atoms with Crippen LogP contribution in [0.5, 0.6) is 0 Å². The van der Waals surface area contributed by atoms with Gasteiger partial charge >= 0.3 is 0 Å². The average molecular weight is 171 g/mol. The highest BCUT2D eigenvalue weighted by atomic mass is 15.1. The van der Waals surface area contributed by atoms with Crippen LogP contribution in [0.1, 0.15) is 0 Å². The predicted octanol–water partition coefficient (Wildman–Crippen LogP) is 0.820. The van der Waals surface area contributed by atoms with E-state index >= 15 is 0 Å². The second kappa shape index (κ2) is 4.47. The molecule has 0 aromatic carbocycles. The topological polar surface area (TPSA) is 85.4 Å². The molecule has 0 spiro atoms.